The molecular weight excluding hydrogens is 497 g/mol. The lowest BCUT2D eigenvalue weighted by atomic mass is 9.97. The van der Waals surface area contributed by atoms with Crippen molar-refractivity contribution in [1.29, 1.82) is 0 Å². The average Bonchev–Trinajstić information content (AvgIpc) is 2.85. The van der Waals surface area contributed by atoms with Crippen LogP contribution in [0.3, 0.4) is 0 Å². The summed E-state index contributed by atoms with van der Waals surface area (Å²) in [7, 11) is 0. The van der Waals surface area contributed by atoms with Gasteiger partial charge in [0.2, 0.25) is 5.43 Å². The molecule has 192 valence electrons. The molecule has 0 unspecified atom stereocenters. The van der Waals surface area contributed by atoms with E-state index in [2.05, 4.69) is 10.3 Å². The first-order valence-corrected chi connectivity index (χ1v) is 13.6. The van der Waals surface area contributed by atoms with Crippen LogP contribution in [0.1, 0.15) is 81.0 Å². The lowest BCUT2D eigenvalue weighted by molar-refractivity contribution is 0.0933. The first-order valence-electron chi connectivity index (χ1n) is 12.8. The Morgan fingerprint density at radius 3 is 2.08 bits per heavy atom. The molecule has 1 aliphatic rings. The third kappa shape index (κ3) is 5.98. The van der Waals surface area contributed by atoms with E-state index in [9.17, 15) is 14.7 Å². The number of anilines is 1. The number of halogens is 2. The van der Waals surface area contributed by atoms with E-state index in [1.165, 1.54) is 57.1 Å². The standard InChI is InChI=1S/C28H33Cl2N3O3/c29-21-15-17(16-22(30)23(21)31)24-27(35)26(34)19-13-10-14-20(25(19)33-24)28(36)32-18-11-8-6-4-2-1-3-5-7-9-12-18/h10,13-16,18,35H,1-9,11-12,31H2,(H,32,36)(H,33,34). The minimum absolute atomic E-state index is 0.0881. The summed E-state index contributed by atoms with van der Waals surface area (Å²) in [4.78, 5) is 29.6. The summed E-state index contributed by atoms with van der Waals surface area (Å²) < 4.78 is 0. The van der Waals surface area contributed by atoms with Crippen molar-refractivity contribution in [2.75, 3.05) is 5.73 Å². The molecule has 6 nitrogen and oxygen atoms in total. The van der Waals surface area contributed by atoms with Gasteiger partial charge in [-0.1, -0.05) is 87.1 Å². The molecule has 0 aliphatic heterocycles. The lowest BCUT2D eigenvalue weighted by Gasteiger charge is -2.20. The molecule has 1 aromatic heterocycles. The van der Waals surface area contributed by atoms with E-state index >= 15 is 0 Å². The summed E-state index contributed by atoms with van der Waals surface area (Å²) in [6.45, 7) is 0. The zero-order valence-electron chi connectivity index (χ0n) is 20.3. The first kappa shape index (κ1) is 26.4. The second-order valence-corrected chi connectivity index (χ2v) is 10.5. The van der Waals surface area contributed by atoms with Crippen molar-refractivity contribution in [2.24, 2.45) is 0 Å². The summed E-state index contributed by atoms with van der Waals surface area (Å²) in [5.74, 6) is -0.713. The number of amides is 1. The largest absolute Gasteiger partial charge is 0.503 e. The second-order valence-electron chi connectivity index (χ2n) is 9.69. The molecule has 1 saturated carbocycles. The number of pyridine rings is 1. The molecule has 36 heavy (non-hydrogen) atoms. The Bertz CT molecular complexity index is 1270. The van der Waals surface area contributed by atoms with E-state index < -0.39 is 11.2 Å². The van der Waals surface area contributed by atoms with Crippen molar-refractivity contribution in [3.05, 3.63) is 56.2 Å². The topological polar surface area (TPSA) is 108 Å². The van der Waals surface area contributed by atoms with Crippen molar-refractivity contribution in [1.82, 2.24) is 10.3 Å². The molecule has 2 aromatic carbocycles. The number of carbonyl (C=O) groups excluding carboxylic acids is 1. The van der Waals surface area contributed by atoms with E-state index in [0.717, 1.165) is 25.7 Å². The molecule has 4 rings (SSSR count). The molecule has 1 aliphatic carbocycles. The quantitative estimate of drug-likeness (QED) is 0.269. The van der Waals surface area contributed by atoms with Crippen LogP contribution in [0.15, 0.2) is 35.1 Å². The Kier molecular flexibility index (Phi) is 8.81. The van der Waals surface area contributed by atoms with Crippen molar-refractivity contribution in [3.63, 3.8) is 0 Å². The molecule has 0 saturated heterocycles. The third-order valence-electron chi connectivity index (χ3n) is 7.06. The fourth-order valence-electron chi connectivity index (χ4n) is 5.00. The van der Waals surface area contributed by atoms with Gasteiger partial charge in [0.25, 0.3) is 5.91 Å². The SMILES string of the molecule is Nc1c(Cl)cc(-c2[nH]c3c(C(=O)NC4CCCCCCCCCCC4)cccc3c(=O)c2O)cc1Cl. The maximum atomic E-state index is 13.4. The Balaban J connectivity index is 1.67. The van der Waals surface area contributed by atoms with E-state index in [4.69, 9.17) is 28.9 Å². The number of rotatable bonds is 3. The molecule has 3 aromatic rings. The molecular formula is C28H33Cl2N3O3. The van der Waals surface area contributed by atoms with Gasteiger partial charge < -0.3 is 21.1 Å². The molecule has 5 N–H and O–H groups in total. The number of para-hydroxylation sites is 1. The fraction of sp³-hybridized carbons (Fsp3) is 0.429. The summed E-state index contributed by atoms with van der Waals surface area (Å²) in [6.07, 6.45) is 12.8. The molecule has 0 bridgehead atoms. The Morgan fingerprint density at radius 1 is 0.944 bits per heavy atom. The number of benzene rings is 2. The van der Waals surface area contributed by atoms with E-state index in [-0.39, 0.29) is 38.8 Å². The van der Waals surface area contributed by atoms with Gasteiger partial charge in [-0.2, -0.15) is 0 Å². The van der Waals surface area contributed by atoms with E-state index in [0.29, 0.717) is 16.6 Å². The number of hydrogen-bond acceptors (Lipinski definition) is 4. The zero-order chi connectivity index (χ0) is 25.7. The third-order valence-corrected chi connectivity index (χ3v) is 7.69. The number of aromatic nitrogens is 1. The Morgan fingerprint density at radius 2 is 1.50 bits per heavy atom. The van der Waals surface area contributed by atoms with Crippen LogP contribution in [0.5, 0.6) is 5.75 Å². The van der Waals surface area contributed by atoms with Crippen molar-refractivity contribution < 1.29 is 9.90 Å². The molecule has 1 amide bonds. The highest BCUT2D eigenvalue weighted by atomic mass is 35.5. The van der Waals surface area contributed by atoms with Crippen LogP contribution in [0.25, 0.3) is 22.2 Å². The zero-order valence-corrected chi connectivity index (χ0v) is 21.9. The number of H-pyrrole nitrogens is 1. The summed E-state index contributed by atoms with van der Waals surface area (Å²) in [5, 5.41) is 14.5. The predicted octanol–water partition coefficient (Wildman–Crippen LogP) is 7.19. The second kappa shape index (κ2) is 12.0. The maximum Gasteiger partial charge on any atom is 0.253 e. The predicted molar refractivity (Wildman–Crippen MR) is 148 cm³/mol. The number of aromatic hydroxyl groups is 1. The van der Waals surface area contributed by atoms with Gasteiger partial charge in [-0.3, -0.25) is 9.59 Å². The van der Waals surface area contributed by atoms with Crippen LogP contribution in [0.4, 0.5) is 5.69 Å². The molecule has 0 atom stereocenters. The highest BCUT2D eigenvalue weighted by molar-refractivity contribution is 6.39. The van der Waals surface area contributed by atoms with Gasteiger partial charge in [-0.15, -0.1) is 0 Å². The number of carbonyl (C=O) groups is 1. The summed E-state index contributed by atoms with van der Waals surface area (Å²) in [6, 6.07) is 8.06. The van der Waals surface area contributed by atoms with Gasteiger partial charge in [0.1, 0.15) is 0 Å². The van der Waals surface area contributed by atoms with Gasteiger partial charge in [0, 0.05) is 11.6 Å². The molecule has 1 heterocycles. The fourth-order valence-corrected chi connectivity index (χ4v) is 5.49. The minimum atomic E-state index is -0.580. The molecule has 1 fully saturated rings. The van der Waals surface area contributed by atoms with Crippen molar-refractivity contribution in [3.8, 4) is 17.0 Å². The van der Waals surface area contributed by atoms with E-state index in [1.54, 1.807) is 18.2 Å². The number of nitrogen functional groups attached to an aromatic ring is 1. The van der Waals surface area contributed by atoms with Crippen molar-refractivity contribution >= 4 is 45.7 Å². The van der Waals surface area contributed by atoms with Crippen LogP contribution < -0.4 is 16.5 Å². The number of aromatic amines is 1. The van der Waals surface area contributed by atoms with Gasteiger partial charge in [-0.25, -0.2) is 0 Å². The van der Waals surface area contributed by atoms with Crippen molar-refractivity contribution in [2.45, 2.75) is 76.7 Å². The van der Waals surface area contributed by atoms with Gasteiger partial charge in [0.15, 0.2) is 5.75 Å². The molecule has 0 spiro atoms. The van der Waals surface area contributed by atoms with Gasteiger partial charge in [-0.05, 0) is 37.1 Å². The number of nitrogens with one attached hydrogen (secondary N) is 2. The van der Waals surface area contributed by atoms with E-state index in [1.807, 2.05) is 0 Å². The first-order chi connectivity index (χ1) is 17.4. The van der Waals surface area contributed by atoms with Crippen LogP contribution in [0, 0.1) is 0 Å². The number of nitrogens with two attached hydrogens (primary N) is 1. The Hall–Kier alpha value is -2.70. The minimum Gasteiger partial charge on any atom is -0.503 e. The normalized spacial score (nSPS) is 16.3. The van der Waals surface area contributed by atoms with Gasteiger partial charge in [0.05, 0.1) is 37.9 Å². The lowest BCUT2D eigenvalue weighted by Crippen LogP contribution is -2.35. The van der Waals surface area contributed by atoms with Crippen LogP contribution >= 0.6 is 23.2 Å². The smallest absolute Gasteiger partial charge is 0.253 e. The highest BCUT2D eigenvalue weighted by Gasteiger charge is 2.21. The molecule has 0 radical (unpaired) electrons. The van der Waals surface area contributed by atoms with Crippen LogP contribution in [-0.2, 0) is 0 Å². The van der Waals surface area contributed by atoms with Crippen LogP contribution in [0.2, 0.25) is 10.0 Å². The number of hydrogen-bond donors (Lipinski definition) is 4. The summed E-state index contributed by atoms with van der Waals surface area (Å²) >= 11 is 12.4. The highest BCUT2D eigenvalue weighted by Crippen LogP contribution is 2.36. The maximum absolute atomic E-state index is 13.4. The average molecular weight is 530 g/mol. The Labute approximate surface area is 221 Å². The summed E-state index contributed by atoms with van der Waals surface area (Å²) in [5.41, 5.74) is 6.70. The number of fused-ring (bicyclic) bond motifs is 1. The monoisotopic (exact) mass is 529 g/mol. The molecule has 8 heteroatoms. The van der Waals surface area contributed by atoms with Gasteiger partial charge >= 0.3 is 0 Å². The van der Waals surface area contributed by atoms with Crippen LogP contribution in [-0.4, -0.2) is 22.0 Å².